The minimum atomic E-state index is 1.03. The van der Waals surface area contributed by atoms with E-state index in [1.807, 2.05) is 0 Å². The molecule has 0 N–H and O–H groups in total. The van der Waals surface area contributed by atoms with Crippen molar-refractivity contribution < 1.29 is 0 Å². The lowest BCUT2D eigenvalue weighted by atomic mass is 9.90. The van der Waals surface area contributed by atoms with Gasteiger partial charge < -0.3 is 0 Å². The predicted molar refractivity (Wildman–Crippen MR) is 247 cm³/mol. The van der Waals surface area contributed by atoms with Gasteiger partial charge in [-0.3, -0.25) is 0 Å². The summed E-state index contributed by atoms with van der Waals surface area (Å²) in [6.45, 7) is 7.01. The maximum atomic E-state index is 2.38. The second-order valence-electron chi connectivity index (χ2n) is 18.4. The third-order valence-corrected chi connectivity index (χ3v) is 12.9. The Morgan fingerprint density at radius 1 is 0.151 bits per heavy atom. The van der Waals surface area contributed by atoms with Gasteiger partial charge in [0.25, 0.3) is 0 Å². The second kappa shape index (κ2) is 50.0. The van der Waals surface area contributed by atoms with E-state index in [1.54, 1.807) is 0 Å². The summed E-state index contributed by atoms with van der Waals surface area (Å²) in [7, 11) is 0. The largest absolute Gasteiger partial charge is 0.0654 e. The molecule has 53 heavy (non-hydrogen) atoms. The van der Waals surface area contributed by atoms with E-state index in [2.05, 4.69) is 20.8 Å². The number of rotatable bonds is 49. The van der Waals surface area contributed by atoms with Crippen molar-refractivity contribution in [3.8, 4) is 0 Å². The Hall–Kier alpha value is 0. The van der Waals surface area contributed by atoms with Crippen molar-refractivity contribution in [1.29, 1.82) is 0 Å². The highest BCUT2D eigenvalue weighted by molar-refractivity contribution is 4.62. The molecule has 0 aliphatic carbocycles. The summed E-state index contributed by atoms with van der Waals surface area (Å²) in [4.78, 5) is 0. The van der Waals surface area contributed by atoms with Crippen molar-refractivity contribution in [3.63, 3.8) is 0 Å². The fourth-order valence-corrected chi connectivity index (χ4v) is 9.01. The molecule has 0 aliphatic heterocycles. The highest BCUT2D eigenvalue weighted by atomic mass is 14.1. The number of unbranched alkanes of at least 4 members (excludes halogenated alkanes) is 43. The van der Waals surface area contributed by atoms with E-state index in [0.717, 1.165) is 5.92 Å². The van der Waals surface area contributed by atoms with Crippen LogP contribution < -0.4 is 0 Å². The highest BCUT2D eigenvalue weighted by Crippen LogP contribution is 2.24. The van der Waals surface area contributed by atoms with Crippen LogP contribution in [0.1, 0.15) is 335 Å². The fraction of sp³-hybridized carbons (Fsp3) is 1.00. The monoisotopic (exact) mass is 745 g/mol. The van der Waals surface area contributed by atoms with E-state index in [9.17, 15) is 0 Å². The molecular formula is C53H108. The van der Waals surface area contributed by atoms with Gasteiger partial charge in [-0.05, 0) is 5.92 Å². The Morgan fingerprint density at radius 3 is 0.453 bits per heavy atom. The quantitative estimate of drug-likeness (QED) is 0.0544. The van der Waals surface area contributed by atoms with Crippen LogP contribution >= 0.6 is 0 Å². The van der Waals surface area contributed by atoms with Crippen molar-refractivity contribution in [2.75, 3.05) is 0 Å². The topological polar surface area (TPSA) is 0 Å². The summed E-state index contributed by atoms with van der Waals surface area (Å²) in [5, 5.41) is 0. The van der Waals surface area contributed by atoms with Gasteiger partial charge in [-0.2, -0.15) is 0 Å². The number of hydrogen-bond acceptors (Lipinski definition) is 0. The van der Waals surface area contributed by atoms with Crippen LogP contribution in [0, 0.1) is 5.92 Å². The van der Waals surface area contributed by atoms with Crippen LogP contribution in [0.2, 0.25) is 0 Å². The van der Waals surface area contributed by atoms with E-state index in [4.69, 9.17) is 0 Å². The van der Waals surface area contributed by atoms with Crippen LogP contribution in [0.5, 0.6) is 0 Å². The molecule has 0 aromatic rings. The van der Waals surface area contributed by atoms with Crippen molar-refractivity contribution in [2.45, 2.75) is 335 Å². The molecular weight excluding hydrogens is 637 g/mol. The summed E-state index contributed by atoms with van der Waals surface area (Å²) in [6, 6.07) is 0. The molecule has 0 rings (SSSR count). The van der Waals surface area contributed by atoms with E-state index in [-0.39, 0.29) is 0 Å². The highest BCUT2D eigenvalue weighted by Gasteiger charge is 2.08. The first-order valence-corrected chi connectivity index (χ1v) is 26.3. The molecule has 0 nitrogen and oxygen atoms in total. The molecule has 0 radical (unpaired) electrons. The molecule has 0 heteroatoms. The van der Waals surface area contributed by atoms with Crippen LogP contribution in [0.15, 0.2) is 0 Å². The van der Waals surface area contributed by atoms with Crippen LogP contribution in [-0.2, 0) is 0 Å². The van der Waals surface area contributed by atoms with Gasteiger partial charge in [0.05, 0.1) is 0 Å². The van der Waals surface area contributed by atoms with E-state index < -0.39 is 0 Å². The Morgan fingerprint density at radius 2 is 0.283 bits per heavy atom. The van der Waals surface area contributed by atoms with Gasteiger partial charge in [-0.25, -0.2) is 0 Å². The zero-order chi connectivity index (χ0) is 38.2. The zero-order valence-corrected chi connectivity index (χ0v) is 38.2. The molecule has 0 aliphatic rings. The Bertz CT molecular complexity index is 593. The first-order valence-electron chi connectivity index (χ1n) is 26.3. The maximum absolute atomic E-state index is 2.38. The van der Waals surface area contributed by atoms with Gasteiger partial charge in [0.2, 0.25) is 0 Å². The molecule has 0 saturated carbocycles. The van der Waals surface area contributed by atoms with Crippen molar-refractivity contribution >= 4 is 0 Å². The maximum Gasteiger partial charge on any atom is -0.0414 e. The minimum absolute atomic E-state index is 1.03. The van der Waals surface area contributed by atoms with Crippen molar-refractivity contribution in [1.82, 2.24) is 0 Å². The lowest BCUT2D eigenvalue weighted by Gasteiger charge is -2.16. The summed E-state index contributed by atoms with van der Waals surface area (Å²) in [6.07, 6.45) is 72.8. The Balaban J connectivity index is 3.39. The van der Waals surface area contributed by atoms with Crippen LogP contribution in [0.3, 0.4) is 0 Å². The number of hydrogen-bond donors (Lipinski definition) is 0. The van der Waals surface area contributed by atoms with Gasteiger partial charge in [-0.15, -0.1) is 0 Å². The lowest BCUT2D eigenvalue weighted by Crippen LogP contribution is -2.01. The molecule has 1 atom stereocenters. The molecule has 0 saturated heterocycles. The normalized spacial score (nSPS) is 12.3. The van der Waals surface area contributed by atoms with Gasteiger partial charge in [-0.1, -0.05) is 335 Å². The van der Waals surface area contributed by atoms with Gasteiger partial charge in [0.15, 0.2) is 0 Å². The molecule has 0 spiro atoms. The zero-order valence-electron chi connectivity index (χ0n) is 38.2. The second-order valence-corrected chi connectivity index (χ2v) is 18.4. The molecule has 0 bridgehead atoms. The molecule has 320 valence electrons. The first kappa shape index (κ1) is 53.0. The van der Waals surface area contributed by atoms with Gasteiger partial charge >= 0.3 is 0 Å². The molecule has 0 aromatic carbocycles. The SMILES string of the molecule is CCCCCCCCCCCCCCCCCCCCCCCCCC(CCCC)CCCCCCCCCCCCCCCCCCCCCCC. The summed E-state index contributed by atoms with van der Waals surface area (Å²) < 4.78 is 0. The van der Waals surface area contributed by atoms with E-state index >= 15 is 0 Å². The van der Waals surface area contributed by atoms with Crippen LogP contribution in [-0.4, -0.2) is 0 Å². The van der Waals surface area contributed by atoms with E-state index in [1.165, 1.54) is 315 Å². The summed E-state index contributed by atoms with van der Waals surface area (Å²) in [5.41, 5.74) is 0. The third kappa shape index (κ3) is 48.1. The fourth-order valence-electron chi connectivity index (χ4n) is 9.01. The molecule has 0 amide bonds. The lowest BCUT2D eigenvalue weighted by molar-refractivity contribution is 0.370. The predicted octanol–water partition coefficient (Wildman–Crippen LogP) is 20.8. The smallest absolute Gasteiger partial charge is 0.0414 e. The average Bonchev–Trinajstić information content (AvgIpc) is 3.17. The minimum Gasteiger partial charge on any atom is -0.0654 e. The third-order valence-electron chi connectivity index (χ3n) is 12.9. The average molecular weight is 745 g/mol. The van der Waals surface area contributed by atoms with Crippen LogP contribution in [0.25, 0.3) is 0 Å². The standard InChI is InChI=1S/C53H108/c1-4-7-10-12-14-16-18-20-22-24-26-28-29-31-33-35-37-39-41-43-45-47-49-52-53(50-9-6-3)51-48-46-44-42-40-38-36-34-32-30-27-25-23-21-19-17-15-13-11-8-5-2/h53H,4-52H2,1-3H3. The Labute approximate surface area is 340 Å². The van der Waals surface area contributed by atoms with Crippen molar-refractivity contribution in [3.05, 3.63) is 0 Å². The summed E-state index contributed by atoms with van der Waals surface area (Å²) in [5.74, 6) is 1.03. The van der Waals surface area contributed by atoms with Crippen LogP contribution in [0.4, 0.5) is 0 Å². The van der Waals surface area contributed by atoms with Gasteiger partial charge in [0.1, 0.15) is 0 Å². The van der Waals surface area contributed by atoms with Crippen molar-refractivity contribution in [2.24, 2.45) is 5.92 Å². The molecule has 1 unspecified atom stereocenters. The summed E-state index contributed by atoms with van der Waals surface area (Å²) >= 11 is 0. The Kier molecular flexibility index (Phi) is 50.0. The first-order chi connectivity index (χ1) is 26.3. The van der Waals surface area contributed by atoms with Gasteiger partial charge in [0, 0.05) is 0 Å². The molecule has 0 heterocycles. The molecule has 0 fully saturated rings. The molecule has 0 aromatic heterocycles. The van der Waals surface area contributed by atoms with E-state index in [0.29, 0.717) is 0 Å².